The summed E-state index contributed by atoms with van der Waals surface area (Å²) in [6.07, 6.45) is 0. The second-order valence-corrected chi connectivity index (χ2v) is 9.64. The Labute approximate surface area is 189 Å². The minimum absolute atomic E-state index is 0.0996. The quantitative estimate of drug-likeness (QED) is 0.584. The molecular weight excluding hydrogens is 426 g/mol. The normalized spacial score (nSPS) is 22.6. The highest BCUT2D eigenvalue weighted by molar-refractivity contribution is 8.28. The summed E-state index contributed by atoms with van der Waals surface area (Å²) in [6, 6.07) is 27.8. The molecule has 7 heteroatoms. The average Bonchev–Trinajstić information content (AvgIpc) is 3.24. The molecule has 1 unspecified atom stereocenters. The highest BCUT2D eigenvalue weighted by Crippen LogP contribution is 2.55. The van der Waals surface area contributed by atoms with Crippen molar-refractivity contribution < 1.29 is 9.59 Å². The Kier molecular flexibility index (Phi) is 5.53. The van der Waals surface area contributed by atoms with E-state index in [2.05, 4.69) is 26.7 Å². The van der Waals surface area contributed by atoms with E-state index in [4.69, 9.17) is 0 Å². The number of aliphatic imine (C=N–C) groups is 1. The lowest BCUT2D eigenvalue weighted by atomic mass is 9.97. The number of benzene rings is 3. The maximum atomic E-state index is 13.1. The second-order valence-electron chi connectivity index (χ2n) is 7.20. The number of hydrogen-bond donors (Lipinski definition) is 1. The summed E-state index contributed by atoms with van der Waals surface area (Å²) in [7, 11) is 0. The lowest BCUT2D eigenvalue weighted by Gasteiger charge is -2.36. The van der Waals surface area contributed by atoms with Gasteiger partial charge in [-0.05, 0) is 35.2 Å². The van der Waals surface area contributed by atoms with Gasteiger partial charge in [0.05, 0.1) is 6.04 Å². The van der Waals surface area contributed by atoms with Gasteiger partial charge in [0.1, 0.15) is 10.6 Å². The van der Waals surface area contributed by atoms with Crippen LogP contribution < -0.4 is 5.32 Å². The topological polar surface area (TPSA) is 61.8 Å². The largest absolute Gasteiger partial charge is 0.338 e. The predicted molar refractivity (Wildman–Crippen MR) is 126 cm³/mol. The third kappa shape index (κ3) is 3.98. The minimum Gasteiger partial charge on any atom is -0.338 e. The Morgan fingerprint density at radius 2 is 1.42 bits per heavy atom. The molecule has 31 heavy (non-hydrogen) atoms. The molecule has 2 heterocycles. The Morgan fingerprint density at radius 1 is 0.839 bits per heavy atom. The van der Waals surface area contributed by atoms with E-state index in [1.807, 2.05) is 54.6 Å². The lowest BCUT2D eigenvalue weighted by molar-refractivity contribution is -0.121. The minimum atomic E-state index is -0.776. The fourth-order valence-corrected chi connectivity index (χ4v) is 6.49. The van der Waals surface area contributed by atoms with Gasteiger partial charge >= 0.3 is 0 Å². The number of nitrogens with one attached hydrogen (secondary N) is 1. The van der Waals surface area contributed by atoms with Gasteiger partial charge in [0.2, 0.25) is 0 Å². The highest BCUT2D eigenvalue weighted by Gasteiger charge is 2.46. The summed E-state index contributed by atoms with van der Waals surface area (Å²) in [6.45, 7) is 0. The SMILES string of the molecule is O=C(N[C@@H]1C(=O)N=C2SC(c3ccccc3)SN2[C@@H]1c1ccccc1)c1ccccc1. The van der Waals surface area contributed by atoms with E-state index < -0.39 is 6.04 Å². The number of amidine groups is 1. The van der Waals surface area contributed by atoms with Crippen LogP contribution >= 0.6 is 23.7 Å². The first-order valence-electron chi connectivity index (χ1n) is 9.92. The van der Waals surface area contributed by atoms with Crippen molar-refractivity contribution >= 4 is 40.7 Å². The zero-order chi connectivity index (χ0) is 21.2. The van der Waals surface area contributed by atoms with Crippen LogP contribution in [-0.4, -0.2) is 27.3 Å². The van der Waals surface area contributed by atoms with Crippen LogP contribution in [0.1, 0.15) is 32.1 Å². The summed E-state index contributed by atoms with van der Waals surface area (Å²) in [5, 5.41) is 3.62. The number of amides is 2. The van der Waals surface area contributed by atoms with Gasteiger partial charge in [0.25, 0.3) is 11.8 Å². The Hall–Kier alpha value is -3.03. The molecular formula is C24H19N3O2S2. The standard InChI is InChI=1S/C24H19N3O2S2/c28-21(17-12-6-2-7-13-17)25-19-20(16-10-4-1-5-11-16)27-24(26-22(19)29)30-23(31-27)18-14-8-3-9-15-18/h1-15,19-20,23H,(H,25,28)/t19-,20+,23?/m0/s1. The molecule has 3 aromatic rings. The van der Waals surface area contributed by atoms with Crippen LogP contribution in [0.25, 0.3) is 0 Å². The molecule has 3 aromatic carbocycles. The van der Waals surface area contributed by atoms with Gasteiger partial charge in [0, 0.05) is 5.56 Å². The van der Waals surface area contributed by atoms with Crippen molar-refractivity contribution in [3.63, 3.8) is 0 Å². The van der Waals surface area contributed by atoms with Crippen molar-refractivity contribution in [3.8, 4) is 0 Å². The van der Waals surface area contributed by atoms with E-state index in [0.29, 0.717) is 10.7 Å². The van der Waals surface area contributed by atoms with Crippen LogP contribution in [0.2, 0.25) is 0 Å². The first-order chi connectivity index (χ1) is 15.2. The van der Waals surface area contributed by atoms with Gasteiger partial charge in [-0.25, -0.2) is 0 Å². The predicted octanol–water partition coefficient (Wildman–Crippen LogP) is 4.82. The number of thioether (sulfide) groups is 1. The summed E-state index contributed by atoms with van der Waals surface area (Å²) in [5.74, 6) is -0.610. The Morgan fingerprint density at radius 3 is 2.06 bits per heavy atom. The third-order valence-corrected chi connectivity index (χ3v) is 7.92. The van der Waals surface area contributed by atoms with E-state index in [0.717, 1.165) is 5.56 Å². The summed E-state index contributed by atoms with van der Waals surface area (Å²) in [4.78, 5) is 30.3. The molecule has 0 aliphatic carbocycles. The molecule has 2 aliphatic heterocycles. The number of nitrogens with zero attached hydrogens (tertiary/aromatic N) is 2. The number of rotatable bonds is 4. The van der Waals surface area contributed by atoms with E-state index >= 15 is 0 Å². The van der Waals surface area contributed by atoms with Gasteiger partial charge in [0.15, 0.2) is 5.17 Å². The van der Waals surface area contributed by atoms with Gasteiger partial charge in [-0.15, -0.1) is 0 Å². The molecule has 0 saturated carbocycles. The number of carbonyl (C=O) groups excluding carboxylic acids is 2. The van der Waals surface area contributed by atoms with E-state index in [9.17, 15) is 9.59 Å². The summed E-state index contributed by atoms with van der Waals surface area (Å²) in [5.41, 5.74) is 2.64. The Balaban J connectivity index is 1.49. The van der Waals surface area contributed by atoms with E-state index in [1.54, 1.807) is 48.0 Å². The fraction of sp³-hybridized carbons (Fsp3) is 0.125. The van der Waals surface area contributed by atoms with Crippen LogP contribution in [0.5, 0.6) is 0 Å². The summed E-state index contributed by atoms with van der Waals surface area (Å²) >= 11 is 3.21. The second kappa shape index (κ2) is 8.61. The number of hydrogen-bond acceptors (Lipinski definition) is 5. The molecule has 0 spiro atoms. The smallest absolute Gasteiger partial charge is 0.273 e. The Bertz CT molecular complexity index is 1120. The molecule has 0 radical (unpaired) electrons. The lowest BCUT2D eigenvalue weighted by Crippen LogP contribution is -2.52. The zero-order valence-corrected chi connectivity index (χ0v) is 18.1. The van der Waals surface area contributed by atoms with Gasteiger partial charge in [-0.3, -0.25) is 13.9 Å². The average molecular weight is 446 g/mol. The van der Waals surface area contributed by atoms with Crippen molar-refractivity contribution in [2.45, 2.75) is 16.7 Å². The molecule has 5 nitrogen and oxygen atoms in total. The summed E-state index contributed by atoms with van der Waals surface area (Å²) < 4.78 is 2.18. The molecule has 2 aliphatic rings. The third-order valence-electron chi connectivity index (χ3n) is 5.19. The van der Waals surface area contributed by atoms with Crippen molar-refractivity contribution in [3.05, 3.63) is 108 Å². The highest BCUT2D eigenvalue weighted by atomic mass is 32.2. The molecule has 1 N–H and O–H groups in total. The van der Waals surface area contributed by atoms with E-state index in [1.165, 1.54) is 5.56 Å². The molecule has 5 rings (SSSR count). The molecule has 0 aromatic heterocycles. The molecule has 3 atom stereocenters. The van der Waals surface area contributed by atoms with E-state index in [-0.39, 0.29) is 22.4 Å². The van der Waals surface area contributed by atoms with Crippen LogP contribution in [0.15, 0.2) is 96.0 Å². The first-order valence-corrected chi connectivity index (χ1v) is 11.6. The first kappa shape index (κ1) is 19.9. The van der Waals surface area contributed by atoms with Gasteiger partial charge in [-0.1, -0.05) is 90.6 Å². The molecule has 154 valence electrons. The van der Waals surface area contributed by atoms with Crippen LogP contribution in [0.3, 0.4) is 0 Å². The van der Waals surface area contributed by atoms with Crippen molar-refractivity contribution in [2.24, 2.45) is 4.99 Å². The molecule has 1 saturated heterocycles. The van der Waals surface area contributed by atoms with Crippen LogP contribution in [-0.2, 0) is 4.79 Å². The maximum Gasteiger partial charge on any atom is 0.273 e. The number of carbonyl (C=O) groups is 2. The number of fused-ring (bicyclic) bond motifs is 1. The van der Waals surface area contributed by atoms with Crippen LogP contribution in [0, 0.1) is 0 Å². The molecule has 2 amide bonds. The molecule has 0 bridgehead atoms. The van der Waals surface area contributed by atoms with Crippen LogP contribution in [0.4, 0.5) is 0 Å². The van der Waals surface area contributed by atoms with Gasteiger partial charge < -0.3 is 5.32 Å². The fourth-order valence-electron chi connectivity index (χ4n) is 3.68. The maximum absolute atomic E-state index is 13.1. The van der Waals surface area contributed by atoms with Crippen molar-refractivity contribution in [1.82, 2.24) is 9.62 Å². The van der Waals surface area contributed by atoms with Crippen molar-refractivity contribution in [2.75, 3.05) is 0 Å². The monoisotopic (exact) mass is 445 g/mol. The molecule has 1 fully saturated rings. The zero-order valence-electron chi connectivity index (χ0n) is 16.4. The van der Waals surface area contributed by atoms with Crippen molar-refractivity contribution in [1.29, 1.82) is 0 Å². The van der Waals surface area contributed by atoms with Gasteiger partial charge in [-0.2, -0.15) is 4.99 Å².